The van der Waals surface area contributed by atoms with Gasteiger partial charge in [-0.15, -0.1) is 0 Å². The van der Waals surface area contributed by atoms with Gasteiger partial charge in [-0.25, -0.2) is 4.79 Å². The predicted octanol–water partition coefficient (Wildman–Crippen LogP) is 3.93. The first-order valence-corrected chi connectivity index (χ1v) is 12.2. The summed E-state index contributed by atoms with van der Waals surface area (Å²) in [6.07, 6.45) is 2.65. The summed E-state index contributed by atoms with van der Waals surface area (Å²) in [5.41, 5.74) is 1.75. The number of morpholine rings is 1. The maximum Gasteiger partial charge on any atom is 0.337 e. The summed E-state index contributed by atoms with van der Waals surface area (Å²) in [5, 5.41) is 5.10. The van der Waals surface area contributed by atoms with Crippen LogP contribution in [0.5, 0.6) is 5.75 Å². The molecule has 0 spiro atoms. The van der Waals surface area contributed by atoms with Gasteiger partial charge in [0.25, 0.3) is 5.91 Å². The summed E-state index contributed by atoms with van der Waals surface area (Å²) in [7, 11) is 1.35. The van der Waals surface area contributed by atoms with Crippen LogP contribution in [0, 0.1) is 0 Å². The average molecular weight is 489 g/mol. The average Bonchev–Trinajstić information content (AvgIpc) is 2.93. The zero-order valence-electron chi connectivity index (χ0n) is 20.6. The van der Waals surface area contributed by atoms with Gasteiger partial charge in [-0.05, 0) is 48.2 Å². The van der Waals surface area contributed by atoms with Crippen LogP contribution < -0.4 is 10.1 Å². The van der Waals surface area contributed by atoms with E-state index in [0.29, 0.717) is 17.7 Å². The predicted molar refractivity (Wildman–Crippen MR) is 140 cm³/mol. The summed E-state index contributed by atoms with van der Waals surface area (Å²) in [5.74, 6) is 0.150. The van der Waals surface area contributed by atoms with E-state index in [1.165, 1.54) is 7.11 Å². The summed E-state index contributed by atoms with van der Waals surface area (Å²) >= 11 is 0. The van der Waals surface area contributed by atoms with Crippen LogP contribution in [0.4, 0.5) is 0 Å². The Bertz CT molecular complexity index is 1190. The van der Waals surface area contributed by atoms with Crippen molar-refractivity contribution in [2.24, 2.45) is 0 Å². The number of rotatable bonds is 10. The van der Waals surface area contributed by atoms with E-state index in [-0.39, 0.29) is 12.5 Å². The lowest BCUT2D eigenvalue weighted by Crippen LogP contribution is -2.38. The number of amides is 1. The number of carbonyl (C=O) groups is 2. The molecule has 36 heavy (non-hydrogen) atoms. The molecular formula is C29H32N2O5. The standard InChI is InChI=1S/C29H32N2O5/c1-34-29(33)24-12-10-22(11-13-24)20-25(28(32)30-14-5-15-31-16-18-35-19-17-31)21-36-27-9-4-7-23-6-2-3-8-26(23)27/h2-4,6-13,20H,5,14-19,21H2,1H3,(H,30,32)/b25-20+. The largest absolute Gasteiger partial charge is 0.488 e. The molecule has 1 amide bonds. The Balaban J connectivity index is 1.45. The Kier molecular flexibility index (Phi) is 9.08. The smallest absolute Gasteiger partial charge is 0.337 e. The lowest BCUT2D eigenvalue weighted by Gasteiger charge is -2.26. The number of nitrogens with zero attached hydrogens (tertiary/aromatic N) is 1. The monoisotopic (exact) mass is 488 g/mol. The Morgan fingerprint density at radius 2 is 1.75 bits per heavy atom. The number of ether oxygens (including phenoxy) is 3. The molecule has 0 aromatic heterocycles. The molecule has 188 valence electrons. The molecule has 1 fully saturated rings. The molecule has 0 atom stereocenters. The maximum atomic E-state index is 13.1. The Morgan fingerprint density at radius 3 is 2.53 bits per heavy atom. The molecule has 4 rings (SSSR count). The highest BCUT2D eigenvalue weighted by Gasteiger charge is 2.14. The number of esters is 1. The second-order valence-electron chi connectivity index (χ2n) is 8.61. The van der Waals surface area contributed by atoms with Crippen molar-refractivity contribution >= 4 is 28.7 Å². The highest BCUT2D eigenvalue weighted by molar-refractivity contribution is 5.98. The Labute approximate surface area is 211 Å². The van der Waals surface area contributed by atoms with E-state index in [2.05, 4.69) is 10.2 Å². The topological polar surface area (TPSA) is 77.1 Å². The van der Waals surface area contributed by atoms with Gasteiger partial charge in [0.05, 0.1) is 31.5 Å². The van der Waals surface area contributed by atoms with Crippen LogP contribution >= 0.6 is 0 Å². The van der Waals surface area contributed by atoms with Gasteiger partial charge in [0, 0.05) is 25.0 Å². The molecule has 0 saturated carbocycles. The van der Waals surface area contributed by atoms with Gasteiger partial charge < -0.3 is 19.5 Å². The lowest BCUT2D eigenvalue weighted by molar-refractivity contribution is -0.117. The number of methoxy groups -OCH3 is 1. The molecule has 7 nitrogen and oxygen atoms in total. The number of fused-ring (bicyclic) bond motifs is 1. The minimum absolute atomic E-state index is 0.113. The fraction of sp³-hybridized carbons (Fsp3) is 0.310. The molecule has 0 aliphatic carbocycles. The molecule has 1 aliphatic heterocycles. The first-order chi connectivity index (χ1) is 17.6. The second-order valence-corrected chi connectivity index (χ2v) is 8.61. The van der Waals surface area contributed by atoms with Crippen LogP contribution in [0.15, 0.2) is 72.3 Å². The normalized spacial score (nSPS) is 14.4. The summed E-state index contributed by atoms with van der Waals surface area (Å²) in [4.78, 5) is 27.2. The van der Waals surface area contributed by atoms with Gasteiger partial charge >= 0.3 is 5.97 Å². The van der Waals surface area contributed by atoms with Crippen molar-refractivity contribution in [2.75, 3.05) is 53.1 Å². The van der Waals surface area contributed by atoms with E-state index >= 15 is 0 Å². The van der Waals surface area contributed by atoms with Crippen molar-refractivity contribution in [1.29, 1.82) is 0 Å². The second kappa shape index (κ2) is 12.9. The summed E-state index contributed by atoms with van der Waals surface area (Å²) in [6, 6.07) is 20.8. The number of hydrogen-bond donors (Lipinski definition) is 1. The molecule has 0 unspecified atom stereocenters. The van der Waals surface area contributed by atoms with Crippen LogP contribution in [0.2, 0.25) is 0 Å². The summed E-state index contributed by atoms with van der Waals surface area (Å²) < 4.78 is 16.3. The molecule has 7 heteroatoms. The highest BCUT2D eigenvalue weighted by atomic mass is 16.5. The molecule has 1 heterocycles. The van der Waals surface area contributed by atoms with Gasteiger partial charge in [0.15, 0.2) is 0 Å². The molecular weight excluding hydrogens is 456 g/mol. The van der Waals surface area contributed by atoms with Crippen molar-refractivity contribution in [3.63, 3.8) is 0 Å². The maximum absolute atomic E-state index is 13.1. The van der Waals surface area contributed by atoms with Crippen LogP contribution in [-0.2, 0) is 14.3 Å². The minimum Gasteiger partial charge on any atom is -0.488 e. The summed E-state index contributed by atoms with van der Waals surface area (Å²) in [6.45, 7) is 4.99. The molecule has 0 bridgehead atoms. The molecule has 3 aromatic carbocycles. The Hall–Kier alpha value is -3.68. The van der Waals surface area contributed by atoms with Crippen molar-refractivity contribution in [1.82, 2.24) is 10.2 Å². The quantitative estimate of drug-likeness (QED) is 0.265. The molecule has 0 radical (unpaired) electrons. The number of nitrogens with one attached hydrogen (secondary N) is 1. The number of benzene rings is 3. The van der Waals surface area contributed by atoms with Crippen molar-refractivity contribution in [3.05, 3.63) is 83.4 Å². The van der Waals surface area contributed by atoms with Gasteiger partial charge in [-0.2, -0.15) is 0 Å². The van der Waals surface area contributed by atoms with Crippen molar-refractivity contribution in [3.8, 4) is 5.75 Å². The van der Waals surface area contributed by atoms with E-state index in [9.17, 15) is 9.59 Å². The lowest BCUT2D eigenvalue weighted by atomic mass is 10.1. The molecule has 1 aliphatic rings. The fourth-order valence-electron chi connectivity index (χ4n) is 4.13. The zero-order valence-corrected chi connectivity index (χ0v) is 20.6. The zero-order chi connectivity index (χ0) is 25.2. The van der Waals surface area contributed by atoms with Gasteiger partial charge in [-0.3, -0.25) is 9.69 Å². The van der Waals surface area contributed by atoms with Gasteiger partial charge in [0.1, 0.15) is 12.4 Å². The van der Waals surface area contributed by atoms with E-state index in [4.69, 9.17) is 14.2 Å². The van der Waals surface area contributed by atoms with E-state index in [1.54, 1.807) is 30.3 Å². The first-order valence-electron chi connectivity index (χ1n) is 12.2. The third-order valence-electron chi connectivity index (χ3n) is 6.14. The third-order valence-corrected chi connectivity index (χ3v) is 6.14. The van der Waals surface area contributed by atoms with Gasteiger partial charge in [0.2, 0.25) is 0 Å². The fourth-order valence-corrected chi connectivity index (χ4v) is 4.13. The SMILES string of the molecule is COC(=O)c1ccc(/C=C(\COc2cccc3ccccc23)C(=O)NCCCN2CCOCC2)cc1. The third kappa shape index (κ3) is 6.93. The molecule has 3 aromatic rings. The van der Waals surface area contributed by atoms with Crippen LogP contribution in [0.3, 0.4) is 0 Å². The first kappa shape index (κ1) is 25.4. The van der Waals surface area contributed by atoms with Crippen molar-refractivity contribution < 1.29 is 23.8 Å². The molecule has 1 N–H and O–H groups in total. The molecule has 1 saturated heterocycles. The van der Waals surface area contributed by atoms with Crippen molar-refractivity contribution in [2.45, 2.75) is 6.42 Å². The number of hydrogen-bond acceptors (Lipinski definition) is 6. The Morgan fingerprint density at radius 1 is 1.00 bits per heavy atom. The van der Waals surface area contributed by atoms with E-state index in [0.717, 1.165) is 61.4 Å². The van der Waals surface area contributed by atoms with Gasteiger partial charge in [-0.1, -0.05) is 48.5 Å². The van der Waals surface area contributed by atoms with Crippen LogP contribution in [0.1, 0.15) is 22.3 Å². The highest BCUT2D eigenvalue weighted by Crippen LogP contribution is 2.25. The van der Waals surface area contributed by atoms with Crippen LogP contribution in [-0.4, -0.2) is 69.9 Å². The minimum atomic E-state index is -0.400. The van der Waals surface area contributed by atoms with E-state index < -0.39 is 5.97 Å². The number of carbonyl (C=O) groups excluding carboxylic acids is 2. The van der Waals surface area contributed by atoms with E-state index in [1.807, 2.05) is 42.5 Å². The van der Waals surface area contributed by atoms with Crippen LogP contribution in [0.25, 0.3) is 16.8 Å².